The molecule has 4 nitrogen and oxygen atoms in total. The number of anilines is 1. The maximum absolute atomic E-state index is 12.9. The summed E-state index contributed by atoms with van der Waals surface area (Å²) in [5.74, 6) is -2.04. The van der Waals surface area contributed by atoms with Gasteiger partial charge in [0.15, 0.2) is 0 Å². The van der Waals surface area contributed by atoms with Crippen LogP contribution in [0.15, 0.2) is 18.2 Å². The van der Waals surface area contributed by atoms with Gasteiger partial charge in [0.1, 0.15) is 5.82 Å². The van der Waals surface area contributed by atoms with Crippen LogP contribution in [0.3, 0.4) is 0 Å². The number of benzene rings is 1. The Balaban J connectivity index is 2.91. The van der Waals surface area contributed by atoms with E-state index in [1.807, 2.05) is 13.8 Å². The predicted octanol–water partition coefficient (Wildman–Crippen LogP) is 2.51. The van der Waals surface area contributed by atoms with E-state index in [4.69, 9.17) is 5.11 Å². The molecule has 0 bridgehead atoms. The van der Waals surface area contributed by atoms with Crippen LogP contribution in [0.1, 0.15) is 30.6 Å². The van der Waals surface area contributed by atoms with Gasteiger partial charge in [-0.2, -0.15) is 0 Å². The van der Waals surface area contributed by atoms with E-state index in [1.54, 1.807) is 0 Å². The predicted molar refractivity (Wildman–Crippen MR) is 61.4 cm³/mol. The molecule has 1 rings (SSSR count). The standard InChI is InChI=1S/C12H14FNO3/c1-7(2)5-11(15)14-10-4-3-8(13)6-9(10)12(16)17/h3-4,6-7H,5H2,1-2H3,(H,14,15)(H,16,17). The van der Waals surface area contributed by atoms with Gasteiger partial charge >= 0.3 is 5.97 Å². The molecule has 0 unspecified atom stereocenters. The monoisotopic (exact) mass is 239 g/mol. The number of hydrogen-bond acceptors (Lipinski definition) is 2. The zero-order valence-corrected chi connectivity index (χ0v) is 9.66. The topological polar surface area (TPSA) is 66.4 Å². The first-order valence-electron chi connectivity index (χ1n) is 5.23. The summed E-state index contributed by atoms with van der Waals surface area (Å²) < 4.78 is 12.9. The quantitative estimate of drug-likeness (QED) is 0.848. The molecular formula is C12H14FNO3. The summed E-state index contributed by atoms with van der Waals surface area (Å²) in [6.07, 6.45) is 0.288. The second-order valence-corrected chi connectivity index (χ2v) is 4.14. The van der Waals surface area contributed by atoms with E-state index >= 15 is 0 Å². The van der Waals surface area contributed by atoms with Crippen molar-refractivity contribution in [1.82, 2.24) is 0 Å². The van der Waals surface area contributed by atoms with Gasteiger partial charge < -0.3 is 10.4 Å². The fourth-order valence-corrected chi connectivity index (χ4v) is 1.37. The fraction of sp³-hybridized carbons (Fsp3) is 0.333. The van der Waals surface area contributed by atoms with E-state index in [9.17, 15) is 14.0 Å². The molecule has 1 aromatic carbocycles. The van der Waals surface area contributed by atoms with E-state index in [0.29, 0.717) is 0 Å². The van der Waals surface area contributed by atoms with Crippen LogP contribution in [0.25, 0.3) is 0 Å². The number of carboxylic acids is 1. The molecule has 0 aliphatic carbocycles. The first-order chi connectivity index (χ1) is 7.90. The molecule has 0 saturated carbocycles. The van der Waals surface area contributed by atoms with Gasteiger partial charge in [-0.05, 0) is 24.1 Å². The van der Waals surface area contributed by atoms with Gasteiger partial charge in [0.05, 0.1) is 11.3 Å². The van der Waals surface area contributed by atoms with E-state index in [2.05, 4.69) is 5.32 Å². The number of hydrogen-bond donors (Lipinski definition) is 2. The van der Waals surface area contributed by atoms with Gasteiger partial charge in [0.2, 0.25) is 5.91 Å². The molecule has 0 saturated heterocycles. The lowest BCUT2D eigenvalue weighted by Crippen LogP contribution is -2.16. The van der Waals surface area contributed by atoms with Crippen LogP contribution in [-0.2, 0) is 4.79 Å². The molecule has 0 spiro atoms. The average molecular weight is 239 g/mol. The van der Waals surface area contributed by atoms with Crippen LogP contribution in [0.4, 0.5) is 10.1 Å². The van der Waals surface area contributed by atoms with Crippen molar-refractivity contribution in [1.29, 1.82) is 0 Å². The fourth-order valence-electron chi connectivity index (χ4n) is 1.37. The number of nitrogens with one attached hydrogen (secondary N) is 1. The van der Waals surface area contributed by atoms with Crippen molar-refractivity contribution in [3.05, 3.63) is 29.6 Å². The zero-order chi connectivity index (χ0) is 13.0. The van der Waals surface area contributed by atoms with Gasteiger partial charge in [-0.15, -0.1) is 0 Å². The number of carbonyl (C=O) groups excluding carboxylic acids is 1. The molecule has 1 aromatic rings. The van der Waals surface area contributed by atoms with Gasteiger partial charge in [0, 0.05) is 6.42 Å². The second-order valence-electron chi connectivity index (χ2n) is 4.14. The van der Waals surface area contributed by atoms with Crippen LogP contribution in [0.5, 0.6) is 0 Å². The number of aromatic carboxylic acids is 1. The Kier molecular flexibility index (Phi) is 4.20. The summed E-state index contributed by atoms with van der Waals surface area (Å²) in [4.78, 5) is 22.3. The number of amides is 1. The molecule has 5 heteroatoms. The lowest BCUT2D eigenvalue weighted by atomic mass is 10.1. The third-order valence-electron chi connectivity index (χ3n) is 2.08. The molecule has 0 atom stereocenters. The Morgan fingerprint density at radius 2 is 2.06 bits per heavy atom. The third-order valence-corrected chi connectivity index (χ3v) is 2.08. The van der Waals surface area contributed by atoms with Crippen molar-refractivity contribution < 1.29 is 19.1 Å². The molecule has 1 amide bonds. The summed E-state index contributed by atoms with van der Waals surface area (Å²) >= 11 is 0. The minimum absolute atomic E-state index is 0.115. The second kappa shape index (κ2) is 5.43. The number of halogens is 1. The highest BCUT2D eigenvalue weighted by molar-refractivity contribution is 6.00. The van der Waals surface area contributed by atoms with E-state index in [1.165, 1.54) is 6.07 Å². The van der Waals surface area contributed by atoms with Gasteiger partial charge in [0.25, 0.3) is 0 Å². The highest BCUT2D eigenvalue weighted by Gasteiger charge is 2.14. The maximum atomic E-state index is 12.9. The molecule has 0 aliphatic heterocycles. The van der Waals surface area contributed by atoms with Crippen molar-refractivity contribution in [3.63, 3.8) is 0 Å². The lowest BCUT2D eigenvalue weighted by molar-refractivity contribution is -0.116. The molecule has 0 heterocycles. The Morgan fingerprint density at radius 1 is 1.41 bits per heavy atom. The van der Waals surface area contributed by atoms with Crippen molar-refractivity contribution in [2.24, 2.45) is 5.92 Å². The first kappa shape index (κ1) is 13.2. The summed E-state index contributed by atoms with van der Waals surface area (Å²) in [7, 11) is 0. The Hall–Kier alpha value is -1.91. The maximum Gasteiger partial charge on any atom is 0.337 e. The van der Waals surface area contributed by atoms with Crippen LogP contribution >= 0.6 is 0 Å². The molecule has 0 radical (unpaired) electrons. The Bertz CT molecular complexity index is 443. The van der Waals surface area contributed by atoms with Crippen LogP contribution in [0, 0.1) is 11.7 Å². The molecule has 2 N–H and O–H groups in total. The summed E-state index contributed by atoms with van der Waals surface area (Å²) in [6.45, 7) is 3.75. The van der Waals surface area contributed by atoms with Gasteiger partial charge in [-0.3, -0.25) is 4.79 Å². The first-order valence-corrected chi connectivity index (χ1v) is 5.23. The zero-order valence-electron chi connectivity index (χ0n) is 9.66. The van der Waals surface area contributed by atoms with Gasteiger partial charge in [-0.25, -0.2) is 9.18 Å². The van der Waals surface area contributed by atoms with Crippen LogP contribution in [-0.4, -0.2) is 17.0 Å². The lowest BCUT2D eigenvalue weighted by Gasteiger charge is -2.09. The SMILES string of the molecule is CC(C)CC(=O)Nc1ccc(F)cc1C(=O)O. The highest BCUT2D eigenvalue weighted by Crippen LogP contribution is 2.17. The normalized spacial score (nSPS) is 10.4. The van der Waals surface area contributed by atoms with Crippen molar-refractivity contribution in [2.75, 3.05) is 5.32 Å². The Morgan fingerprint density at radius 3 is 2.59 bits per heavy atom. The van der Waals surface area contributed by atoms with Crippen molar-refractivity contribution >= 4 is 17.6 Å². The van der Waals surface area contributed by atoms with Crippen LogP contribution in [0.2, 0.25) is 0 Å². The van der Waals surface area contributed by atoms with E-state index in [0.717, 1.165) is 12.1 Å². The average Bonchev–Trinajstić information content (AvgIpc) is 2.19. The van der Waals surface area contributed by atoms with E-state index in [-0.39, 0.29) is 29.5 Å². The number of carbonyl (C=O) groups is 2. The van der Waals surface area contributed by atoms with Crippen molar-refractivity contribution in [3.8, 4) is 0 Å². The molecule has 92 valence electrons. The molecule has 17 heavy (non-hydrogen) atoms. The van der Waals surface area contributed by atoms with Crippen LogP contribution < -0.4 is 5.32 Å². The van der Waals surface area contributed by atoms with Gasteiger partial charge in [-0.1, -0.05) is 13.8 Å². The minimum atomic E-state index is -1.27. The summed E-state index contributed by atoms with van der Waals surface area (Å²) in [5, 5.41) is 11.3. The molecular weight excluding hydrogens is 225 g/mol. The highest BCUT2D eigenvalue weighted by atomic mass is 19.1. The minimum Gasteiger partial charge on any atom is -0.478 e. The molecule has 0 aromatic heterocycles. The smallest absolute Gasteiger partial charge is 0.337 e. The largest absolute Gasteiger partial charge is 0.478 e. The van der Waals surface area contributed by atoms with Crippen molar-refractivity contribution in [2.45, 2.75) is 20.3 Å². The summed E-state index contributed by atoms with van der Waals surface area (Å²) in [6, 6.07) is 3.24. The summed E-state index contributed by atoms with van der Waals surface area (Å²) in [5.41, 5.74) is -0.133. The van der Waals surface area contributed by atoms with E-state index < -0.39 is 11.8 Å². The Labute approximate surface area is 98.5 Å². The number of rotatable bonds is 4. The molecule has 0 aliphatic rings. The molecule has 0 fully saturated rings. The number of carboxylic acid groups (broad SMARTS) is 1. The third kappa shape index (κ3) is 3.86.